The van der Waals surface area contributed by atoms with Crippen molar-refractivity contribution in [3.05, 3.63) is 65.6 Å². The topological polar surface area (TPSA) is 79.2 Å². The lowest BCUT2D eigenvalue weighted by molar-refractivity contribution is 0.0743. The molecule has 1 amide bonds. The van der Waals surface area contributed by atoms with Gasteiger partial charge in [-0.2, -0.15) is 0 Å². The van der Waals surface area contributed by atoms with E-state index < -0.39 is 11.6 Å². The highest BCUT2D eigenvalue weighted by molar-refractivity contribution is 5.94. The van der Waals surface area contributed by atoms with Crippen molar-refractivity contribution in [1.29, 1.82) is 0 Å². The van der Waals surface area contributed by atoms with E-state index in [-0.39, 0.29) is 23.6 Å². The Kier molecular flexibility index (Phi) is 6.95. The van der Waals surface area contributed by atoms with E-state index in [0.717, 1.165) is 50.9 Å². The number of fused-ring (bicyclic) bond motifs is 2. The molecule has 1 unspecified atom stereocenters. The molecule has 5 heterocycles. The Morgan fingerprint density at radius 2 is 1.85 bits per heavy atom. The summed E-state index contributed by atoms with van der Waals surface area (Å²) in [4.78, 5) is 30.4. The number of aryl methyl sites for hydroxylation is 1. The molecular formula is C30H33F2N7O. The highest BCUT2D eigenvalue weighted by atomic mass is 19.1. The summed E-state index contributed by atoms with van der Waals surface area (Å²) in [6.07, 6.45) is 5.89. The Morgan fingerprint density at radius 1 is 1.02 bits per heavy atom. The molecule has 10 heteroatoms. The van der Waals surface area contributed by atoms with Gasteiger partial charge >= 0.3 is 0 Å². The minimum atomic E-state index is -0.657. The van der Waals surface area contributed by atoms with Crippen molar-refractivity contribution in [2.75, 3.05) is 31.5 Å². The van der Waals surface area contributed by atoms with Gasteiger partial charge in [-0.25, -0.2) is 23.7 Å². The number of hydrogen-bond donors (Lipinski definition) is 1. The molecular weight excluding hydrogens is 512 g/mol. The van der Waals surface area contributed by atoms with Crippen LogP contribution in [0.1, 0.15) is 55.2 Å². The van der Waals surface area contributed by atoms with E-state index in [2.05, 4.69) is 25.2 Å². The Morgan fingerprint density at radius 3 is 2.62 bits per heavy atom. The van der Waals surface area contributed by atoms with Gasteiger partial charge in [-0.15, -0.1) is 0 Å². The summed E-state index contributed by atoms with van der Waals surface area (Å²) >= 11 is 0. The SMILES string of the molecule is Cc1cc2c(F)cc(-c3nc(Nc4ccc(C(=O)N5CCCN6CCCC6C5)cn4)ncc3F)cc2n1C(C)C. The third-order valence-electron chi connectivity index (χ3n) is 7.98. The van der Waals surface area contributed by atoms with Crippen LogP contribution in [0.2, 0.25) is 0 Å². The van der Waals surface area contributed by atoms with Crippen LogP contribution in [-0.4, -0.2) is 67.4 Å². The lowest BCUT2D eigenvalue weighted by atomic mass is 10.1. The lowest BCUT2D eigenvalue weighted by Crippen LogP contribution is -2.39. The molecule has 0 bridgehead atoms. The van der Waals surface area contributed by atoms with Crippen molar-refractivity contribution >= 4 is 28.6 Å². The summed E-state index contributed by atoms with van der Waals surface area (Å²) in [5, 5.41) is 3.47. The molecule has 2 aliphatic rings. The van der Waals surface area contributed by atoms with E-state index in [0.29, 0.717) is 33.9 Å². The molecule has 208 valence electrons. The number of pyridine rings is 1. The van der Waals surface area contributed by atoms with Crippen LogP contribution < -0.4 is 5.32 Å². The van der Waals surface area contributed by atoms with Gasteiger partial charge in [0, 0.05) is 54.6 Å². The van der Waals surface area contributed by atoms with Crippen molar-refractivity contribution in [1.82, 2.24) is 29.3 Å². The molecule has 0 aliphatic carbocycles. The Bertz CT molecular complexity index is 1570. The number of hydrogen-bond acceptors (Lipinski definition) is 6. The van der Waals surface area contributed by atoms with Crippen LogP contribution in [0.3, 0.4) is 0 Å². The fourth-order valence-electron chi connectivity index (χ4n) is 6.15. The molecule has 4 aromatic rings. The molecule has 0 saturated carbocycles. The Labute approximate surface area is 232 Å². The summed E-state index contributed by atoms with van der Waals surface area (Å²) in [5.41, 5.74) is 2.43. The molecule has 2 aliphatic heterocycles. The molecule has 1 N–H and O–H groups in total. The molecule has 2 saturated heterocycles. The molecule has 1 aromatic carbocycles. The van der Waals surface area contributed by atoms with Gasteiger partial charge in [0.2, 0.25) is 5.95 Å². The number of carbonyl (C=O) groups excluding carboxylic acids is 1. The maximum Gasteiger partial charge on any atom is 0.255 e. The van der Waals surface area contributed by atoms with Crippen LogP contribution in [0.25, 0.3) is 22.2 Å². The van der Waals surface area contributed by atoms with Crippen molar-refractivity contribution in [3.63, 3.8) is 0 Å². The fourth-order valence-corrected chi connectivity index (χ4v) is 6.15. The summed E-state index contributed by atoms with van der Waals surface area (Å²) in [6.45, 7) is 9.62. The van der Waals surface area contributed by atoms with Crippen LogP contribution in [0.15, 0.2) is 42.7 Å². The zero-order valence-electron chi connectivity index (χ0n) is 23.0. The number of carbonyl (C=O) groups is 1. The predicted molar refractivity (Wildman–Crippen MR) is 151 cm³/mol. The van der Waals surface area contributed by atoms with E-state index in [4.69, 9.17) is 0 Å². The molecule has 0 spiro atoms. The number of rotatable bonds is 5. The minimum Gasteiger partial charge on any atom is -0.342 e. The first-order chi connectivity index (χ1) is 19.3. The highest BCUT2D eigenvalue weighted by Gasteiger charge is 2.31. The first kappa shape index (κ1) is 26.3. The van der Waals surface area contributed by atoms with Gasteiger partial charge in [0.05, 0.1) is 17.3 Å². The monoisotopic (exact) mass is 545 g/mol. The Balaban J connectivity index is 1.22. The van der Waals surface area contributed by atoms with Gasteiger partial charge in [-0.05, 0) is 76.9 Å². The molecule has 8 nitrogen and oxygen atoms in total. The largest absolute Gasteiger partial charge is 0.342 e. The van der Waals surface area contributed by atoms with Crippen molar-refractivity contribution in [3.8, 4) is 11.3 Å². The maximum atomic E-state index is 15.1. The number of nitrogens with zero attached hydrogens (tertiary/aromatic N) is 6. The van der Waals surface area contributed by atoms with Crippen LogP contribution in [-0.2, 0) is 0 Å². The number of aromatic nitrogens is 4. The number of anilines is 2. The van der Waals surface area contributed by atoms with Gasteiger partial charge in [0.1, 0.15) is 17.3 Å². The number of benzene rings is 1. The van der Waals surface area contributed by atoms with Gasteiger partial charge in [0.25, 0.3) is 5.91 Å². The molecule has 0 radical (unpaired) electrons. The quantitative estimate of drug-likeness (QED) is 0.346. The second-order valence-corrected chi connectivity index (χ2v) is 11.0. The third kappa shape index (κ3) is 4.92. The van der Waals surface area contributed by atoms with Crippen LogP contribution in [0.4, 0.5) is 20.5 Å². The van der Waals surface area contributed by atoms with E-state index in [1.807, 2.05) is 30.2 Å². The molecule has 6 rings (SSSR count). The third-order valence-corrected chi connectivity index (χ3v) is 7.98. The van der Waals surface area contributed by atoms with Crippen molar-refractivity contribution < 1.29 is 13.6 Å². The Hall–Kier alpha value is -3.92. The van der Waals surface area contributed by atoms with E-state index in [9.17, 15) is 9.18 Å². The zero-order valence-corrected chi connectivity index (χ0v) is 23.0. The zero-order chi connectivity index (χ0) is 28.0. The van der Waals surface area contributed by atoms with Crippen LogP contribution >= 0.6 is 0 Å². The van der Waals surface area contributed by atoms with Crippen LogP contribution in [0.5, 0.6) is 0 Å². The summed E-state index contributed by atoms with van der Waals surface area (Å²) in [5.74, 6) is -0.581. The normalized spacial score (nSPS) is 17.9. The minimum absolute atomic E-state index is 0.0126. The first-order valence-electron chi connectivity index (χ1n) is 13.9. The summed E-state index contributed by atoms with van der Waals surface area (Å²) in [7, 11) is 0. The maximum absolute atomic E-state index is 15.1. The summed E-state index contributed by atoms with van der Waals surface area (Å²) < 4.78 is 31.9. The molecule has 40 heavy (non-hydrogen) atoms. The number of halogens is 2. The fraction of sp³-hybridized carbons (Fsp3) is 0.400. The molecule has 2 fully saturated rings. The number of amides is 1. The van der Waals surface area contributed by atoms with Crippen molar-refractivity contribution in [2.24, 2.45) is 0 Å². The van der Waals surface area contributed by atoms with E-state index >= 15 is 4.39 Å². The van der Waals surface area contributed by atoms with Crippen molar-refractivity contribution in [2.45, 2.75) is 52.1 Å². The predicted octanol–water partition coefficient (Wildman–Crippen LogP) is 5.71. The van der Waals surface area contributed by atoms with Gasteiger partial charge in [-0.3, -0.25) is 9.69 Å². The highest BCUT2D eigenvalue weighted by Crippen LogP contribution is 2.32. The summed E-state index contributed by atoms with van der Waals surface area (Å²) in [6, 6.07) is 8.82. The first-order valence-corrected chi connectivity index (χ1v) is 13.9. The smallest absolute Gasteiger partial charge is 0.255 e. The van der Waals surface area contributed by atoms with E-state index in [1.54, 1.807) is 24.3 Å². The molecule has 3 aromatic heterocycles. The van der Waals surface area contributed by atoms with Gasteiger partial charge in [0.15, 0.2) is 5.82 Å². The second-order valence-electron chi connectivity index (χ2n) is 11.0. The number of nitrogens with one attached hydrogen (secondary N) is 1. The van der Waals surface area contributed by atoms with E-state index in [1.165, 1.54) is 18.7 Å². The second kappa shape index (κ2) is 10.6. The lowest BCUT2D eigenvalue weighted by Gasteiger charge is -2.25. The average molecular weight is 546 g/mol. The average Bonchev–Trinajstić information content (AvgIpc) is 3.46. The van der Waals surface area contributed by atoms with Gasteiger partial charge in [-0.1, -0.05) is 0 Å². The van der Waals surface area contributed by atoms with Crippen LogP contribution in [0, 0.1) is 18.6 Å². The van der Waals surface area contributed by atoms with Gasteiger partial charge < -0.3 is 14.8 Å². The molecule has 1 atom stereocenters. The standard InChI is InChI=1S/C30H33F2N7O/c1-18(2)39-19(3)12-23-24(31)13-21(14-26(23)39)28-25(32)16-34-30(36-28)35-27-8-7-20(15-33-27)29(40)38-11-5-10-37-9-4-6-22(37)17-38/h7-8,12-16,18,22H,4-6,9-11,17H2,1-3H3,(H,33,34,35,36).